The van der Waals surface area contributed by atoms with Gasteiger partial charge in [-0.2, -0.15) is 0 Å². The topological polar surface area (TPSA) is 35.2 Å². The minimum Gasteiger partial charge on any atom is -0.372 e. The Labute approximate surface area is 113 Å². The van der Waals surface area contributed by atoms with E-state index < -0.39 is 0 Å². The minimum absolute atomic E-state index is 0.225. The van der Waals surface area contributed by atoms with E-state index >= 15 is 0 Å². The van der Waals surface area contributed by atoms with Gasteiger partial charge in [0.1, 0.15) is 11.9 Å². The third-order valence-corrected chi connectivity index (χ3v) is 3.06. The third-order valence-electron chi connectivity index (χ3n) is 3.06. The van der Waals surface area contributed by atoms with Gasteiger partial charge in [-0.05, 0) is 30.2 Å². The minimum atomic E-state index is -0.317. The molecule has 2 aromatic rings. The molecule has 0 saturated heterocycles. The summed E-state index contributed by atoms with van der Waals surface area (Å²) < 4.78 is 18.7. The number of nitrogens with two attached hydrogens (primary N) is 1. The second-order valence-corrected chi connectivity index (χ2v) is 4.36. The number of ether oxygens (including phenoxy) is 1. The van der Waals surface area contributed by atoms with E-state index in [1.165, 1.54) is 12.1 Å². The van der Waals surface area contributed by atoms with Crippen LogP contribution in [-0.2, 0) is 4.74 Å². The van der Waals surface area contributed by atoms with Crippen molar-refractivity contribution in [3.63, 3.8) is 0 Å². The van der Waals surface area contributed by atoms with Gasteiger partial charge in [0, 0.05) is 6.61 Å². The molecule has 3 heteroatoms. The molecule has 0 aliphatic carbocycles. The van der Waals surface area contributed by atoms with Crippen LogP contribution in [0.5, 0.6) is 0 Å². The predicted octanol–water partition coefficient (Wildman–Crippen LogP) is 3.60. The predicted molar refractivity (Wildman–Crippen MR) is 74.1 cm³/mol. The lowest BCUT2D eigenvalue weighted by molar-refractivity contribution is 0.0429. The van der Waals surface area contributed by atoms with E-state index in [0.29, 0.717) is 6.61 Å². The maximum atomic E-state index is 13.0. The molecule has 0 fully saturated rings. The van der Waals surface area contributed by atoms with Crippen molar-refractivity contribution >= 4 is 0 Å². The first-order valence-electron chi connectivity index (χ1n) is 6.40. The van der Waals surface area contributed by atoms with Gasteiger partial charge in [-0.15, -0.1) is 0 Å². The summed E-state index contributed by atoms with van der Waals surface area (Å²) in [5.41, 5.74) is 8.15. The Kier molecular flexibility index (Phi) is 4.66. The first kappa shape index (κ1) is 13.7. The van der Waals surface area contributed by atoms with Crippen LogP contribution in [0.15, 0.2) is 54.6 Å². The maximum Gasteiger partial charge on any atom is 0.123 e. The fourth-order valence-corrected chi connectivity index (χ4v) is 2.09. The third kappa shape index (κ3) is 3.40. The number of rotatable bonds is 5. The normalized spacial score (nSPS) is 14.1. The summed E-state index contributed by atoms with van der Waals surface area (Å²) in [7, 11) is 0. The molecule has 0 saturated carbocycles. The summed E-state index contributed by atoms with van der Waals surface area (Å²) >= 11 is 0. The molecule has 2 nitrogen and oxygen atoms in total. The fourth-order valence-electron chi connectivity index (χ4n) is 2.09. The highest BCUT2D eigenvalue weighted by Gasteiger charge is 2.21. The van der Waals surface area contributed by atoms with Gasteiger partial charge in [0.25, 0.3) is 0 Å². The smallest absolute Gasteiger partial charge is 0.123 e. The molecule has 0 amide bonds. The van der Waals surface area contributed by atoms with E-state index in [1.54, 1.807) is 12.1 Å². The molecule has 2 rings (SSSR count). The molecule has 0 aliphatic heterocycles. The molecule has 100 valence electrons. The van der Waals surface area contributed by atoms with Crippen LogP contribution in [0, 0.1) is 5.82 Å². The SMILES string of the molecule is CCOC(c1ccccc1)C(N)c1ccc(F)cc1. The van der Waals surface area contributed by atoms with Crippen LogP contribution in [0.1, 0.15) is 30.2 Å². The van der Waals surface area contributed by atoms with E-state index in [1.807, 2.05) is 37.3 Å². The van der Waals surface area contributed by atoms with Crippen molar-refractivity contribution in [1.29, 1.82) is 0 Å². The van der Waals surface area contributed by atoms with Crippen molar-refractivity contribution in [3.8, 4) is 0 Å². The van der Waals surface area contributed by atoms with E-state index in [2.05, 4.69) is 0 Å². The van der Waals surface area contributed by atoms with Crippen LogP contribution in [0.4, 0.5) is 4.39 Å². The van der Waals surface area contributed by atoms with Gasteiger partial charge in [0.2, 0.25) is 0 Å². The highest BCUT2D eigenvalue weighted by atomic mass is 19.1. The first-order chi connectivity index (χ1) is 9.22. The van der Waals surface area contributed by atoms with Crippen LogP contribution in [0.25, 0.3) is 0 Å². The summed E-state index contributed by atoms with van der Waals surface area (Å²) in [4.78, 5) is 0. The number of halogens is 1. The van der Waals surface area contributed by atoms with Crippen molar-refractivity contribution in [2.24, 2.45) is 5.73 Å². The summed E-state index contributed by atoms with van der Waals surface area (Å²) in [6.45, 7) is 2.52. The maximum absolute atomic E-state index is 13.0. The molecule has 0 aliphatic rings. The molecule has 0 aromatic heterocycles. The summed E-state index contributed by atoms with van der Waals surface area (Å²) in [5.74, 6) is -0.261. The van der Waals surface area contributed by atoms with Gasteiger partial charge in [-0.25, -0.2) is 4.39 Å². The molecule has 0 radical (unpaired) electrons. The average molecular weight is 259 g/mol. The number of hydrogen-bond acceptors (Lipinski definition) is 2. The molecule has 0 heterocycles. The molecule has 2 atom stereocenters. The number of hydrogen-bond donors (Lipinski definition) is 1. The van der Waals surface area contributed by atoms with Crippen molar-refractivity contribution in [2.75, 3.05) is 6.61 Å². The summed E-state index contributed by atoms with van der Waals surface area (Å²) in [5, 5.41) is 0. The van der Waals surface area contributed by atoms with Crippen LogP contribution in [0.2, 0.25) is 0 Å². The second-order valence-electron chi connectivity index (χ2n) is 4.36. The monoisotopic (exact) mass is 259 g/mol. The zero-order chi connectivity index (χ0) is 13.7. The van der Waals surface area contributed by atoms with Crippen LogP contribution in [-0.4, -0.2) is 6.61 Å². The van der Waals surface area contributed by atoms with Gasteiger partial charge < -0.3 is 10.5 Å². The molecule has 0 bridgehead atoms. The lowest BCUT2D eigenvalue weighted by atomic mass is 9.96. The molecule has 2 N–H and O–H groups in total. The zero-order valence-corrected chi connectivity index (χ0v) is 10.9. The summed E-state index contributed by atoms with van der Waals surface area (Å²) in [6, 6.07) is 15.8. The van der Waals surface area contributed by atoms with E-state index in [4.69, 9.17) is 10.5 Å². The first-order valence-corrected chi connectivity index (χ1v) is 6.40. The van der Waals surface area contributed by atoms with Gasteiger partial charge in [-0.3, -0.25) is 0 Å². The Morgan fingerprint density at radius 2 is 1.63 bits per heavy atom. The van der Waals surface area contributed by atoms with Crippen LogP contribution in [0.3, 0.4) is 0 Å². The zero-order valence-electron chi connectivity index (χ0n) is 10.9. The second kappa shape index (κ2) is 6.45. The van der Waals surface area contributed by atoms with Crippen LogP contribution >= 0.6 is 0 Å². The molecule has 2 unspecified atom stereocenters. The number of benzene rings is 2. The quantitative estimate of drug-likeness (QED) is 0.890. The van der Waals surface area contributed by atoms with Gasteiger partial charge >= 0.3 is 0 Å². The average Bonchev–Trinajstić information content (AvgIpc) is 2.46. The van der Waals surface area contributed by atoms with Crippen molar-refractivity contribution in [3.05, 3.63) is 71.5 Å². The fraction of sp³-hybridized carbons (Fsp3) is 0.250. The highest BCUT2D eigenvalue weighted by molar-refractivity contribution is 5.26. The van der Waals surface area contributed by atoms with Gasteiger partial charge in [0.15, 0.2) is 0 Å². The van der Waals surface area contributed by atoms with Gasteiger partial charge in [0.05, 0.1) is 6.04 Å². The van der Waals surface area contributed by atoms with E-state index in [-0.39, 0.29) is 18.0 Å². The lowest BCUT2D eigenvalue weighted by Gasteiger charge is -2.24. The Hall–Kier alpha value is -1.71. The lowest BCUT2D eigenvalue weighted by Crippen LogP contribution is -2.22. The van der Waals surface area contributed by atoms with E-state index in [0.717, 1.165) is 11.1 Å². The Morgan fingerprint density at radius 1 is 1.00 bits per heavy atom. The Morgan fingerprint density at radius 3 is 2.21 bits per heavy atom. The largest absolute Gasteiger partial charge is 0.372 e. The summed E-state index contributed by atoms with van der Waals surface area (Å²) in [6.07, 6.45) is -0.225. The molecular weight excluding hydrogens is 241 g/mol. The van der Waals surface area contributed by atoms with Crippen molar-refractivity contribution in [2.45, 2.75) is 19.1 Å². The highest BCUT2D eigenvalue weighted by Crippen LogP contribution is 2.30. The molecule has 19 heavy (non-hydrogen) atoms. The molecular formula is C16H18FNO. The van der Waals surface area contributed by atoms with E-state index in [9.17, 15) is 4.39 Å². The van der Waals surface area contributed by atoms with Crippen LogP contribution < -0.4 is 5.73 Å². The van der Waals surface area contributed by atoms with Crippen molar-refractivity contribution < 1.29 is 9.13 Å². The molecule has 2 aromatic carbocycles. The molecule has 0 spiro atoms. The van der Waals surface area contributed by atoms with Gasteiger partial charge in [-0.1, -0.05) is 42.5 Å². The Bertz CT molecular complexity index is 498. The van der Waals surface area contributed by atoms with Crippen molar-refractivity contribution in [1.82, 2.24) is 0 Å². The standard InChI is InChI=1S/C16H18FNO/c1-2-19-16(13-6-4-3-5-7-13)15(18)12-8-10-14(17)11-9-12/h3-11,15-16H,2,18H2,1H3. The Balaban J connectivity index is 2.26.